The first-order valence-corrected chi connectivity index (χ1v) is 6.54. The fraction of sp³-hybridized carbons (Fsp3) is 0.429. The zero-order chi connectivity index (χ0) is 12.4. The molecule has 0 aliphatic heterocycles. The number of furan rings is 1. The topological polar surface area (TPSA) is 51.0 Å². The molecule has 0 fully saturated rings. The zero-order valence-electron chi connectivity index (χ0n) is 10.6. The van der Waals surface area contributed by atoms with Crippen LogP contribution in [0.1, 0.15) is 31.0 Å². The second-order valence-corrected chi connectivity index (χ2v) is 4.61. The molecule has 94 valence electrons. The van der Waals surface area contributed by atoms with Gasteiger partial charge in [0.2, 0.25) is 0 Å². The van der Waals surface area contributed by atoms with E-state index < -0.39 is 0 Å². The first-order valence-electron chi connectivity index (χ1n) is 6.54. The van der Waals surface area contributed by atoms with Gasteiger partial charge < -0.3 is 9.73 Å². The van der Waals surface area contributed by atoms with Gasteiger partial charge in [-0.25, -0.2) is 9.97 Å². The lowest BCUT2D eigenvalue weighted by atomic mass is 10.2. The highest BCUT2D eigenvalue weighted by molar-refractivity contribution is 5.59. The van der Waals surface area contributed by atoms with Gasteiger partial charge >= 0.3 is 0 Å². The molecule has 1 aliphatic rings. The second-order valence-electron chi connectivity index (χ2n) is 4.61. The monoisotopic (exact) mass is 243 g/mol. The first kappa shape index (κ1) is 11.3. The highest BCUT2D eigenvalue weighted by Gasteiger charge is 2.19. The normalized spacial score (nSPS) is 13.6. The lowest BCUT2D eigenvalue weighted by molar-refractivity contribution is 0.568. The molecule has 4 heteroatoms. The molecule has 0 radical (unpaired) electrons. The average molecular weight is 243 g/mol. The maximum Gasteiger partial charge on any atom is 0.165 e. The van der Waals surface area contributed by atoms with Gasteiger partial charge in [0.25, 0.3) is 0 Å². The number of nitrogens with one attached hydrogen (secondary N) is 1. The number of aromatic nitrogens is 2. The van der Waals surface area contributed by atoms with Crippen molar-refractivity contribution < 1.29 is 4.42 Å². The van der Waals surface area contributed by atoms with E-state index in [1.807, 2.05) is 6.07 Å². The van der Waals surface area contributed by atoms with Crippen LogP contribution in [0, 0.1) is 0 Å². The summed E-state index contributed by atoms with van der Waals surface area (Å²) in [5, 5.41) is 3.42. The minimum atomic E-state index is 0.767. The van der Waals surface area contributed by atoms with Crippen molar-refractivity contribution in [3.8, 4) is 11.4 Å². The van der Waals surface area contributed by atoms with Crippen LogP contribution < -0.4 is 5.32 Å². The Morgan fingerprint density at radius 3 is 3.06 bits per heavy atom. The molecular weight excluding hydrogens is 226 g/mol. The highest BCUT2D eigenvalue weighted by atomic mass is 16.3. The van der Waals surface area contributed by atoms with Crippen molar-refractivity contribution in [3.05, 3.63) is 29.9 Å². The SMILES string of the molecule is CCCNc1nc(-c2ccoc2)nc2c1CCC2. The largest absolute Gasteiger partial charge is 0.472 e. The number of hydrogen-bond donors (Lipinski definition) is 1. The van der Waals surface area contributed by atoms with Crippen LogP contribution in [0.4, 0.5) is 5.82 Å². The molecular formula is C14H17N3O. The Morgan fingerprint density at radius 2 is 2.28 bits per heavy atom. The average Bonchev–Trinajstić information content (AvgIpc) is 3.05. The van der Waals surface area contributed by atoms with Crippen LogP contribution in [-0.2, 0) is 12.8 Å². The minimum absolute atomic E-state index is 0.767. The Morgan fingerprint density at radius 1 is 1.33 bits per heavy atom. The predicted octanol–water partition coefficient (Wildman–Crippen LogP) is 3.05. The second kappa shape index (κ2) is 4.80. The van der Waals surface area contributed by atoms with Crippen LogP contribution >= 0.6 is 0 Å². The molecule has 3 rings (SSSR count). The molecule has 4 nitrogen and oxygen atoms in total. The fourth-order valence-electron chi connectivity index (χ4n) is 2.34. The zero-order valence-corrected chi connectivity index (χ0v) is 10.6. The van der Waals surface area contributed by atoms with Crippen LogP contribution in [0.25, 0.3) is 11.4 Å². The molecule has 0 unspecified atom stereocenters. The van der Waals surface area contributed by atoms with Crippen molar-refractivity contribution in [2.24, 2.45) is 0 Å². The summed E-state index contributed by atoms with van der Waals surface area (Å²) in [5.74, 6) is 1.78. The van der Waals surface area contributed by atoms with E-state index in [0.717, 1.165) is 43.0 Å². The maximum absolute atomic E-state index is 5.11. The summed E-state index contributed by atoms with van der Waals surface area (Å²) in [6, 6.07) is 1.90. The fourth-order valence-corrected chi connectivity index (χ4v) is 2.34. The number of fused-ring (bicyclic) bond motifs is 1. The molecule has 2 aromatic heterocycles. The van der Waals surface area contributed by atoms with Crippen LogP contribution in [0.3, 0.4) is 0 Å². The quantitative estimate of drug-likeness (QED) is 0.896. The van der Waals surface area contributed by atoms with Gasteiger partial charge in [-0.15, -0.1) is 0 Å². The van der Waals surface area contributed by atoms with Crippen LogP contribution in [-0.4, -0.2) is 16.5 Å². The van der Waals surface area contributed by atoms with Crippen molar-refractivity contribution in [2.75, 3.05) is 11.9 Å². The number of rotatable bonds is 4. The third kappa shape index (κ3) is 1.98. The predicted molar refractivity (Wildman–Crippen MR) is 70.5 cm³/mol. The van der Waals surface area contributed by atoms with E-state index >= 15 is 0 Å². The van der Waals surface area contributed by atoms with Gasteiger partial charge in [-0.1, -0.05) is 6.92 Å². The van der Waals surface area contributed by atoms with Gasteiger partial charge in [0.15, 0.2) is 5.82 Å². The number of hydrogen-bond acceptors (Lipinski definition) is 4. The van der Waals surface area contributed by atoms with E-state index in [1.165, 1.54) is 17.7 Å². The van der Waals surface area contributed by atoms with Crippen molar-refractivity contribution in [2.45, 2.75) is 32.6 Å². The Balaban J connectivity index is 2.02. The molecule has 0 spiro atoms. The Kier molecular flexibility index (Phi) is 3.00. The Bertz CT molecular complexity index is 534. The van der Waals surface area contributed by atoms with Gasteiger partial charge in [0.1, 0.15) is 12.1 Å². The standard InChI is InChI=1S/C14H17N3O/c1-2-7-15-14-11-4-3-5-12(11)16-13(17-14)10-6-8-18-9-10/h6,8-9H,2-5,7H2,1H3,(H,15,16,17). The maximum atomic E-state index is 5.11. The highest BCUT2D eigenvalue weighted by Crippen LogP contribution is 2.29. The summed E-state index contributed by atoms with van der Waals surface area (Å²) >= 11 is 0. The smallest absolute Gasteiger partial charge is 0.165 e. The van der Waals surface area contributed by atoms with E-state index in [2.05, 4.69) is 22.2 Å². The summed E-state index contributed by atoms with van der Waals surface area (Å²) in [6.07, 6.45) is 7.78. The lowest BCUT2D eigenvalue weighted by Gasteiger charge is -2.10. The van der Waals surface area contributed by atoms with Gasteiger partial charge in [0.05, 0.1) is 11.8 Å². The lowest BCUT2D eigenvalue weighted by Crippen LogP contribution is -2.07. The molecule has 2 heterocycles. The third-order valence-electron chi connectivity index (χ3n) is 3.25. The van der Waals surface area contributed by atoms with Crippen LogP contribution in [0.5, 0.6) is 0 Å². The van der Waals surface area contributed by atoms with Crippen LogP contribution in [0.15, 0.2) is 23.0 Å². The Hall–Kier alpha value is -1.84. The number of nitrogens with zero attached hydrogens (tertiary/aromatic N) is 2. The van der Waals surface area contributed by atoms with Crippen molar-refractivity contribution in [1.29, 1.82) is 0 Å². The number of anilines is 1. The molecule has 0 saturated carbocycles. The number of aryl methyl sites for hydroxylation is 1. The van der Waals surface area contributed by atoms with Crippen molar-refractivity contribution in [3.63, 3.8) is 0 Å². The molecule has 1 N–H and O–H groups in total. The van der Waals surface area contributed by atoms with Gasteiger partial charge in [-0.05, 0) is 31.7 Å². The summed E-state index contributed by atoms with van der Waals surface area (Å²) in [4.78, 5) is 9.30. The van der Waals surface area contributed by atoms with E-state index in [0.29, 0.717) is 0 Å². The molecule has 0 atom stereocenters. The van der Waals surface area contributed by atoms with Crippen molar-refractivity contribution >= 4 is 5.82 Å². The van der Waals surface area contributed by atoms with E-state index in [9.17, 15) is 0 Å². The molecule has 0 amide bonds. The van der Waals surface area contributed by atoms with Crippen molar-refractivity contribution in [1.82, 2.24) is 9.97 Å². The van der Waals surface area contributed by atoms with Gasteiger partial charge in [-0.2, -0.15) is 0 Å². The molecule has 0 aromatic carbocycles. The first-order chi connectivity index (χ1) is 8.88. The summed E-state index contributed by atoms with van der Waals surface area (Å²) in [7, 11) is 0. The van der Waals surface area contributed by atoms with Gasteiger partial charge in [-0.3, -0.25) is 0 Å². The van der Waals surface area contributed by atoms with Crippen LogP contribution in [0.2, 0.25) is 0 Å². The summed E-state index contributed by atoms with van der Waals surface area (Å²) < 4.78 is 5.11. The van der Waals surface area contributed by atoms with Gasteiger partial charge in [0, 0.05) is 17.8 Å². The molecule has 0 saturated heterocycles. The molecule has 1 aliphatic carbocycles. The van der Waals surface area contributed by atoms with E-state index in [-0.39, 0.29) is 0 Å². The third-order valence-corrected chi connectivity index (χ3v) is 3.25. The minimum Gasteiger partial charge on any atom is -0.472 e. The molecule has 2 aromatic rings. The summed E-state index contributed by atoms with van der Waals surface area (Å²) in [5.41, 5.74) is 3.44. The Labute approximate surface area is 106 Å². The van der Waals surface area contributed by atoms with E-state index in [4.69, 9.17) is 4.42 Å². The molecule has 0 bridgehead atoms. The summed E-state index contributed by atoms with van der Waals surface area (Å²) in [6.45, 7) is 3.11. The van der Waals surface area contributed by atoms with E-state index in [1.54, 1.807) is 12.5 Å². The molecule has 18 heavy (non-hydrogen) atoms.